The zero-order valence-corrected chi connectivity index (χ0v) is 35.8. The average molecular weight is 776 g/mol. The topological polar surface area (TPSA) is 3.24 Å². The van der Waals surface area contributed by atoms with Gasteiger partial charge in [-0.05, 0) is 150 Å². The minimum atomic E-state index is -0.102. The number of benzene rings is 8. The largest absolute Gasteiger partial charge is 0.311 e. The molecular weight excluding hydrogens is 723 g/mol. The van der Waals surface area contributed by atoms with Gasteiger partial charge < -0.3 is 4.90 Å². The lowest BCUT2D eigenvalue weighted by molar-refractivity contribution is 0.332. The quantitative estimate of drug-likeness (QED) is 0.156. The molecule has 8 aromatic carbocycles. The summed E-state index contributed by atoms with van der Waals surface area (Å²) in [6, 6.07) is 69.9. The Bertz CT molecular complexity index is 2760. The van der Waals surface area contributed by atoms with Crippen LogP contribution in [0.25, 0.3) is 55.6 Å². The van der Waals surface area contributed by atoms with E-state index in [1.54, 1.807) is 0 Å². The van der Waals surface area contributed by atoms with E-state index in [2.05, 4.69) is 234 Å². The number of hydrogen-bond acceptors (Lipinski definition) is 1. The molecule has 0 heterocycles. The highest BCUT2D eigenvalue weighted by atomic mass is 15.1. The fraction of sp³-hybridized carbons (Fsp3) is 0.186. The predicted octanol–water partition coefficient (Wildman–Crippen LogP) is 16.5. The lowest BCUT2D eigenvalue weighted by Crippen LogP contribution is -2.33. The minimum Gasteiger partial charge on any atom is -0.311 e. The van der Waals surface area contributed by atoms with Crippen LogP contribution in [-0.4, -0.2) is 0 Å². The molecule has 2 aliphatic rings. The highest BCUT2D eigenvalue weighted by Crippen LogP contribution is 2.53. The maximum atomic E-state index is 2.53. The van der Waals surface area contributed by atoms with Crippen molar-refractivity contribution in [2.45, 2.75) is 70.6 Å². The Hall–Kier alpha value is -6.44. The van der Waals surface area contributed by atoms with Crippen molar-refractivity contribution in [3.8, 4) is 55.6 Å². The van der Waals surface area contributed by atoms with Gasteiger partial charge in [-0.3, -0.25) is 0 Å². The SMILES string of the molecule is CC1(C)CCC(C)(C)c2cc(-c3cc4c(cc3-c3ccc(N(c5ccc(-c6ccccc6)cc5)c5ccc(-c6ccccc6)cc5)cc3)C(C)(C)c3ccccc3-4)ccc21. The Morgan fingerprint density at radius 1 is 0.300 bits per heavy atom. The number of nitrogens with zero attached hydrogens (tertiary/aromatic N) is 1. The summed E-state index contributed by atoms with van der Waals surface area (Å²) in [6.07, 6.45) is 2.40. The van der Waals surface area contributed by atoms with Crippen molar-refractivity contribution >= 4 is 17.1 Å². The molecule has 294 valence electrons. The third-order valence-corrected chi connectivity index (χ3v) is 13.8. The minimum absolute atomic E-state index is 0.102. The first-order valence-corrected chi connectivity index (χ1v) is 21.6. The third kappa shape index (κ3) is 6.49. The van der Waals surface area contributed by atoms with Gasteiger partial charge in [0.25, 0.3) is 0 Å². The fourth-order valence-electron chi connectivity index (χ4n) is 10.1. The van der Waals surface area contributed by atoms with Gasteiger partial charge in [-0.25, -0.2) is 0 Å². The molecule has 10 rings (SSSR count). The van der Waals surface area contributed by atoms with Crippen LogP contribution in [0.15, 0.2) is 188 Å². The summed E-state index contributed by atoms with van der Waals surface area (Å²) in [5.41, 5.74) is 22.0. The molecule has 0 spiro atoms. The standard InChI is InChI=1S/C59H53N/c1-57(2)35-36-58(3,4)56-37-45(27-34-54(56)57)50-38-52-49-19-13-14-20-53(49)59(5,6)55(52)39-51(50)44-25-32-48(33-26-44)60(46-28-21-42(22-29-46)40-15-9-7-10-16-40)47-30-23-43(24-31-47)41-17-11-8-12-18-41/h7-34,37-39H,35-36H2,1-6H3. The molecule has 8 aromatic rings. The molecule has 0 bridgehead atoms. The molecule has 1 heteroatoms. The second-order valence-corrected chi connectivity index (χ2v) is 18.9. The summed E-state index contributed by atoms with van der Waals surface area (Å²) < 4.78 is 0. The Labute approximate surface area is 357 Å². The smallest absolute Gasteiger partial charge is 0.0462 e. The highest BCUT2D eigenvalue weighted by Gasteiger charge is 2.39. The molecule has 0 radical (unpaired) electrons. The van der Waals surface area contributed by atoms with Gasteiger partial charge in [0.1, 0.15) is 0 Å². The molecule has 0 saturated heterocycles. The number of rotatable bonds is 7. The first-order chi connectivity index (χ1) is 29.0. The van der Waals surface area contributed by atoms with E-state index in [0.29, 0.717) is 0 Å². The second-order valence-electron chi connectivity index (χ2n) is 18.9. The maximum absolute atomic E-state index is 2.53. The van der Waals surface area contributed by atoms with E-state index in [-0.39, 0.29) is 16.2 Å². The summed E-state index contributed by atoms with van der Waals surface area (Å²) in [5.74, 6) is 0. The van der Waals surface area contributed by atoms with Gasteiger partial charge in [0.05, 0.1) is 0 Å². The summed E-state index contributed by atoms with van der Waals surface area (Å²) in [5, 5.41) is 0. The van der Waals surface area contributed by atoms with Crippen molar-refractivity contribution in [1.82, 2.24) is 0 Å². The predicted molar refractivity (Wildman–Crippen MR) is 256 cm³/mol. The van der Waals surface area contributed by atoms with Crippen LogP contribution in [0.5, 0.6) is 0 Å². The molecule has 0 amide bonds. The van der Waals surface area contributed by atoms with Crippen LogP contribution in [0.1, 0.15) is 76.6 Å². The summed E-state index contributed by atoms with van der Waals surface area (Å²) in [7, 11) is 0. The van der Waals surface area contributed by atoms with Crippen LogP contribution in [0.4, 0.5) is 17.1 Å². The van der Waals surface area contributed by atoms with Gasteiger partial charge in [-0.15, -0.1) is 0 Å². The number of fused-ring (bicyclic) bond motifs is 4. The lowest BCUT2D eigenvalue weighted by atomic mass is 9.63. The van der Waals surface area contributed by atoms with Gasteiger partial charge in [0, 0.05) is 22.5 Å². The van der Waals surface area contributed by atoms with Crippen molar-refractivity contribution in [3.63, 3.8) is 0 Å². The van der Waals surface area contributed by atoms with E-state index in [1.807, 2.05) is 0 Å². The van der Waals surface area contributed by atoms with Gasteiger partial charge >= 0.3 is 0 Å². The Morgan fingerprint density at radius 2 is 0.733 bits per heavy atom. The van der Waals surface area contributed by atoms with Crippen LogP contribution < -0.4 is 4.90 Å². The molecule has 0 saturated carbocycles. The van der Waals surface area contributed by atoms with E-state index in [9.17, 15) is 0 Å². The van der Waals surface area contributed by atoms with E-state index >= 15 is 0 Å². The van der Waals surface area contributed by atoms with Gasteiger partial charge in [0.2, 0.25) is 0 Å². The molecule has 1 nitrogen and oxygen atoms in total. The molecule has 0 atom stereocenters. The Morgan fingerprint density at radius 3 is 1.28 bits per heavy atom. The van der Waals surface area contributed by atoms with Crippen molar-refractivity contribution < 1.29 is 0 Å². The molecule has 0 unspecified atom stereocenters. The van der Waals surface area contributed by atoms with E-state index in [1.165, 1.54) is 90.7 Å². The van der Waals surface area contributed by atoms with Crippen LogP contribution in [0.2, 0.25) is 0 Å². The monoisotopic (exact) mass is 775 g/mol. The van der Waals surface area contributed by atoms with E-state index < -0.39 is 0 Å². The molecule has 0 fully saturated rings. The molecular formula is C59H53N. The average Bonchev–Trinajstić information content (AvgIpc) is 3.51. The van der Waals surface area contributed by atoms with Gasteiger partial charge in [0.15, 0.2) is 0 Å². The molecule has 2 aliphatic carbocycles. The van der Waals surface area contributed by atoms with Crippen LogP contribution in [0.3, 0.4) is 0 Å². The maximum Gasteiger partial charge on any atom is 0.0462 e. The second kappa shape index (κ2) is 14.4. The van der Waals surface area contributed by atoms with Crippen molar-refractivity contribution in [2.75, 3.05) is 4.90 Å². The number of anilines is 3. The zero-order valence-electron chi connectivity index (χ0n) is 35.8. The van der Waals surface area contributed by atoms with Crippen molar-refractivity contribution in [3.05, 3.63) is 210 Å². The normalized spacial score (nSPS) is 15.4. The van der Waals surface area contributed by atoms with Crippen LogP contribution in [0, 0.1) is 0 Å². The van der Waals surface area contributed by atoms with E-state index in [4.69, 9.17) is 0 Å². The molecule has 0 aliphatic heterocycles. The van der Waals surface area contributed by atoms with Crippen LogP contribution in [-0.2, 0) is 16.2 Å². The van der Waals surface area contributed by atoms with Crippen LogP contribution >= 0.6 is 0 Å². The Kier molecular flexibility index (Phi) is 9.06. The summed E-state index contributed by atoms with van der Waals surface area (Å²) in [4.78, 5) is 2.38. The van der Waals surface area contributed by atoms with Crippen molar-refractivity contribution in [2.24, 2.45) is 0 Å². The molecule has 0 aromatic heterocycles. The molecule has 60 heavy (non-hydrogen) atoms. The Balaban J connectivity index is 1.10. The number of hydrogen-bond donors (Lipinski definition) is 0. The first kappa shape index (κ1) is 37.8. The summed E-state index contributed by atoms with van der Waals surface area (Å²) in [6.45, 7) is 14.5. The fourth-order valence-corrected chi connectivity index (χ4v) is 10.1. The first-order valence-electron chi connectivity index (χ1n) is 21.6. The highest BCUT2D eigenvalue weighted by molar-refractivity contribution is 5.93. The van der Waals surface area contributed by atoms with Gasteiger partial charge in [-0.2, -0.15) is 0 Å². The zero-order chi connectivity index (χ0) is 41.2. The van der Waals surface area contributed by atoms with E-state index in [0.717, 1.165) is 17.1 Å². The summed E-state index contributed by atoms with van der Waals surface area (Å²) >= 11 is 0. The molecule has 0 N–H and O–H groups in total. The lowest BCUT2D eigenvalue weighted by Gasteiger charge is -2.42. The van der Waals surface area contributed by atoms with Crippen molar-refractivity contribution in [1.29, 1.82) is 0 Å². The van der Waals surface area contributed by atoms with Gasteiger partial charge in [-0.1, -0.05) is 181 Å². The third-order valence-electron chi connectivity index (χ3n) is 13.8.